The number of benzene rings is 1. The second-order valence-corrected chi connectivity index (χ2v) is 6.73. The van der Waals surface area contributed by atoms with E-state index < -0.39 is 17.8 Å². The van der Waals surface area contributed by atoms with Gasteiger partial charge in [0.2, 0.25) is 0 Å². The van der Waals surface area contributed by atoms with E-state index in [2.05, 4.69) is 10.4 Å². The molecule has 2 N–H and O–H groups in total. The second kappa shape index (κ2) is 6.94. The summed E-state index contributed by atoms with van der Waals surface area (Å²) in [6, 6.07) is 4.75. The first-order valence-corrected chi connectivity index (χ1v) is 7.67. The molecule has 2 rings (SSSR count). The number of nitrogens with zero attached hydrogens (tertiary/aromatic N) is 2. The molecule has 0 radical (unpaired) electrons. The van der Waals surface area contributed by atoms with Crippen LogP contribution in [0.1, 0.15) is 43.6 Å². The quantitative estimate of drug-likeness (QED) is 0.875. The number of hydrogen-bond acceptors (Lipinski definition) is 3. The van der Waals surface area contributed by atoms with Crippen molar-refractivity contribution in [1.82, 2.24) is 15.1 Å². The highest BCUT2D eigenvalue weighted by Crippen LogP contribution is 2.30. The number of rotatable bonds is 5. The summed E-state index contributed by atoms with van der Waals surface area (Å²) in [7, 11) is 0. The predicted octanol–water partition coefficient (Wildman–Crippen LogP) is 3.48. The molecule has 0 saturated carbocycles. The third-order valence-electron chi connectivity index (χ3n) is 3.59. The molecule has 1 atom stereocenters. The van der Waals surface area contributed by atoms with E-state index in [1.54, 1.807) is 6.20 Å². The van der Waals surface area contributed by atoms with Crippen LogP contribution in [0, 0.1) is 0 Å². The van der Waals surface area contributed by atoms with Gasteiger partial charge >= 0.3 is 6.18 Å². The van der Waals surface area contributed by atoms with Crippen LogP contribution in [0.3, 0.4) is 0 Å². The first-order valence-electron chi connectivity index (χ1n) is 7.67. The number of alkyl halides is 3. The molecule has 0 bridgehead atoms. The molecule has 1 aromatic heterocycles. The Balaban J connectivity index is 1.92. The van der Waals surface area contributed by atoms with E-state index in [1.165, 1.54) is 12.1 Å². The van der Waals surface area contributed by atoms with Gasteiger partial charge in [-0.2, -0.15) is 18.3 Å². The Bertz CT molecular complexity index is 674. The van der Waals surface area contributed by atoms with Crippen molar-refractivity contribution in [3.05, 3.63) is 53.3 Å². The Morgan fingerprint density at radius 1 is 1.25 bits per heavy atom. The van der Waals surface area contributed by atoms with Crippen molar-refractivity contribution in [2.75, 3.05) is 6.54 Å². The van der Waals surface area contributed by atoms with Crippen LogP contribution >= 0.6 is 0 Å². The minimum Gasteiger partial charge on any atom is -0.387 e. The van der Waals surface area contributed by atoms with Gasteiger partial charge < -0.3 is 10.4 Å². The summed E-state index contributed by atoms with van der Waals surface area (Å²) < 4.78 is 39.9. The fraction of sp³-hybridized carbons (Fsp3) is 0.471. The summed E-state index contributed by atoms with van der Waals surface area (Å²) in [6.45, 7) is 6.74. The van der Waals surface area contributed by atoms with Crippen LogP contribution in [0.5, 0.6) is 0 Å². The highest BCUT2D eigenvalue weighted by molar-refractivity contribution is 5.27. The van der Waals surface area contributed by atoms with Gasteiger partial charge in [-0.3, -0.25) is 4.68 Å². The van der Waals surface area contributed by atoms with Crippen molar-refractivity contribution in [3.8, 4) is 0 Å². The molecule has 0 aliphatic rings. The van der Waals surface area contributed by atoms with Crippen molar-refractivity contribution in [2.45, 2.75) is 45.1 Å². The molecule has 0 fully saturated rings. The molecule has 1 aromatic carbocycles. The first-order chi connectivity index (χ1) is 11.1. The van der Waals surface area contributed by atoms with Crippen LogP contribution in [0.2, 0.25) is 0 Å². The molecule has 0 saturated heterocycles. The topological polar surface area (TPSA) is 50.1 Å². The minimum absolute atomic E-state index is 0.115. The molecule has 4 nitrogen and oxygen atoms in total. The number of nitrogens with one attached hydrogen (secondary N) is 1. The van der Waals surface area contributed by atoms with E-state index in [0.29, 0.717) is 6.54 Å². The number of aliphatic hydroxyl groups excluding tert-OH is 1. The number of aromatic nitrogens is 2. The highest BCUT2D eigenvalue weighted by Gasteiger charge is 2.30. The van der Waals surface area contributed by atoms with E-state index in [4.69, 9.17) is 0 Å². The molecule has 1 unspecified atom stereocenters. The van der Waals surface area contributed by atoms with Crippen molar-refractivity contribution in [3.63, 3.8) is 0 Å². The summed E-state index contributed by atoms with van der Waals surface area (Å²) >= 11 is 0. The van der Waals surface area contributed by atoms with Gasteiger partial charge in [-0.25, -0.2) is 0 Å². The number of halogens is 3. The predicted molar refractivity (Wildman–Crippen MR) is 85.3 cm³/mol. The molecular weight excluding hydrogens is 319 g/mol. The van der Waals surface area contributed by atoms with Crippen molar-refractivity contribution >= 4 is 0 Å². The highest BCUT2D eigenvalue weighted by atomic mass is 19.4. The zero-order valence-corrected chi connectivity index (χ0v) is 13.9. The van der Waals surface area contributed by atoms with Crippen molar-refractivity contribution in [1.29, 1.82) is 0 Å². The van der Waals surface area contributed by atoms with Crippen LogP contribution < -0.4 is 5.32 Å². The van der Waals surface area contributed by atoms with E-state index in [0.717, 1.165) is 17.7 Å². The fourth-order valence-corrected chi connectivity index (χ4v) is 2.21. The lowest BCUT2D eigenvalue weighted by Crippen LogP contribution is -2.23. The Labute approximate surface area is 139 Å². The zero-order chi connectivity index (χ0) is 18.0. The van der Waals surface area contributed by atoms with Crippen LogP contribution in [-0.2, 0) is 18.3 Å². The maximum absolute atomic E-state index is 12.7. The van der Waals surface area contributed by atoms with Gasteiger partial charge in [-0.15, -0.1) is 0 Å². The van der Waals surface area contributed by atoms with Gasteiger partial charge in [-0.1, -0.05) is 12.1 Å². The third-order valence-corrected chi connectivity index (χ3v) is 3.59. The normalized spacial score (nSPS) is 14.0. The maximum atomic E-state index is 12.7. The molecule has 24 heavy (non-hydrogen) atoms. The minimum atomic E-state index is -4.41. The molecule has 2 aromatic rings. The number of hydrogen-bond donors (Lipinski definition) is 2. The van der Waals surface area contributed by atoms with Crippen molar-refractivity contribution < 1.29 is 18.3 Å². The van der Waals surface area contributed by atoms with Gasteiger partial charge in [0.15, 0.2) is 0 Å². The Morgan fingerprint density at radius 3 is 2.54 bits per heavy atom. The molecule has 1 heterocycles. The van der Waals surface area contributed by atoms with Crippen LogP contribution in [0.4, 0.5) is 13.2 Å². The molecule has 132 valence electrons. The van der Waals surface area contributed by atoms with Gasteiger partial charge in [0.05, 0.1) is 23.4 Å². The fourth-order valence-electron chi connectivity index (χ4n) is 2.21. The SMILES string of the molecule is CC(C)(C)n1cc(CNCC(O)c2cccc(C(F)(F)F)c2)cn1. The van der Waals surface area contributed by atoms with Gasteiger partial charge in [0.25, 0.3) is 0 Å². The smallest absolute Gasteiger partial charge is 0.387 e. The van der Waals surface area contributed by atoms with Gasteiger partial charge in [0, 0.05) is 24.8 Å². The summed E-state index contributed by atoms with van der Waals surface area (Å²) in [4.78, 5) is 0. The Kier molecular flexibility index (Phi) is 5.35. The lowest BCUT2D eigenvalue weighted by atomic mass is 10.1. The molecular formula is C17H22F3N3O. The Hall–Kier alpha value is -1.86. The van der Waals surface area contributed by atoms with E-state index in [-0.39, 0.29) is 17.6 Å². The van der Waals surface area contributed by atoms with Crippen molar-refractivity contribution in [2.24, 2.45) is 0 Å². The monoisotopic (exact) mass is 341 g/mol. The molecule has 7 heteroatoms. The zero-order valence-electron chi connectivity index (χ0n) is 13.9. The molecule has 0 spiro atoms. The summed E-state index contributed by atoms with van der Waals surface area (Å²) in [6.07, 6.45) is -1.78. The average Bonchev–Trinajstić information content (AvgIpc) is 2.95. The lowest BCUT2D eigenvalue weighted by molar-refractivity contribution is -0.137. The summed E-state index contributed by atoms with van der Waals surface area (Å²) in [5.41, 5.74) is 0.310. The van der Waals surface area contributed by atoms with E-state index >= 15 is 0 Å². The second-order valence-electron chi connectivity index (χ2n) is 6.73. The summed E-state index contributed by atoms with van der Waals surface area (Å²) in [5.74, 6) is 0. The third kappa shape index (κ3) is 4.82. The molecule has 0 amide bonds. The standard InChI is InChI=1S/C17H22F3N3O/c1-16(2,3)23-11-12(9-22-23)8-21-10-15(24)13-5-4-6-14(7-13)17(18,19)20/h4-7,9,11,15,21,24H,8,10H2,1-3H3. The van der Waals surface area contributed by atoms with Gasteiger partial charge in [0.1, 0.15) is 0 Å². The van der Waals surface area contributed by atoms with Crippen LogP contribution in [0.25, 0.3) is 0 Å². The van der Waals surface area contributed by atoms with Crippen LogP contribution in [0.15, 0.2) is 36.7 Å². The van der Waals surface area contributed by atoms with Crippen LogP contribution in [-0.4, -0.2) is 21.4 Å². The van der Waals surface area contributed by atoms with Gasteiger partial charge in [-0.05, 0) is 38.5 Å². The van der Waals surface area contributed by atoms with E-state index in [9.17, 15) is 18.3 Å². The number of aliphatic hydroxyl groups is 1. The average molecular weight is 341 g/mol. The Morgan fingerprint density at radius 2 is 1.96 bits per heavy atom. The molecule has 0 aliphatic carbocycles. The molecule has 0 aliphatic heterocycles. The maximum Gasteiger partial charge on any atom is 0.416 e. The first kappa shape index (κ1) is 18.5. The summed E-state index contributed by atoms with van der Waals surface area (Å²) in [5, 5.41) is 17.4. The lowest BCUT2D eigenvalue weighted by Gasteiger charge is -2.18. The largest absolute Gasteiger partial charge is 0.416 e. The van der Waals surface area contributed by atoms with E-state index in [1.807, 2.05) is 31.6 Å².